The van der Waals surface area contributed by atoms with E-state index in [2.05, 4.69) is 44.5 Å². The van der Waals surface area contributed by atoms with E-state index in [0.717, 1.165) is 26.1 Å². The summed E-state index contributed by atoms with van der Waals surface area (Å²) in [5.41, 5.74) is 0. The van der Waals surface area contributed by atoms with Gasteiger partial charge in [-0.05, 0) is 44.5 Å². The maximum atomic E-state index is 5.90. The van der Waals surface area contributed by atoms with Crippen LogP contribution in [0.15, 0.2) is 0 Å². The Balaban J connectivity index is 1.93. The van der Waals surface area contributed by atoms with Crippen LogP contribution < -0.4 is 10.6 Å². The van der Waals surface area contributed by atoms with E-state index in [1.165, 1.54) is 12.8 Å². The fraction of sp³-hybridized carbons (Fsp3) is 0.750. The standard InChI is InChI=1S/C12H21ClN6/c1-3-6-14-11-16-10(13)17-12(18-11)15-8-9-5-4-7-19(9)2/h9H,3-8H2,1-2H3,(H2,14,15,16,17,18). The molecule has 1 aliphatic rings. The van der Waals surface area contributed by atoms with Crippen LogP contribution in [0.5, 0.6) is 0 Å². The lowest BCUT2D eigenvalue weighted by Crippen LogP contribution is -2.32. The summed E-state index contributed by atoms with van der Waals surface area (Å²) in [6.07, 6.45) is 3.48. The van der Waals surface area contributed by atoms with Crippen LogP contribution in [0.4, 0.5) is 11.9 Å². The molecule has 0 bridgehead atoms. The van der Waals surface area contributed by atoms with Crippen molar-refractivity contribution in [3.63, 3.8) is 0 Å². The second kappa shape index (κ2) is 6.86. The van der Waals surface area contributed by atoms with Crippen molar-refractivity contribution in [3.05, 3.63) is 5.28 Å². The normalized spacial score (nSPS) is 19.6. The highest BCUT2D eigenvalue weighted by Gasteiger charge is 2.20. The number of anilines is 2. The fourth-order valence-electron chi connectivity index (χ4n) is 2.19. The summed E-state index contributed by atoms with van der Waals surface area (Å²) in [5.74, 6) is 1.07. The van der Waals surface area contributed by atoms with Crippen LogP contribution in [-0.4, -0.2) is 52.6 Å². The Morgan fingerprint density at radius 3 is 2.63 bits per heavy atom. The number of halogens is 1. The third kappa shape index (κ3) is 4.18. The van der Waals surface area contributed by atoms with Crippen LogP contribution in [-0.2, 0) is 0 Å². The van der Waals surface area contributed by atoms with Gasteiger partial charge in [0.1, 0.15) is 0 Å². The third-order valence-corrected chi connectivity index (χ3v) is 3.48. The first kappa shape index (κ1) is 14.3. The lowest BCUT2D eigenvalue weighted by molar-refractivity contribution is 0.322. The number of hydrogen-bond acceptors (Lipinski definition) is 6. The maximum absolute atomic E-state index is 5.90. The van der Waals surface area contributed by atoms with Crippen molar-refractivity contribution in [2.75, 3.05) is 37.3 Å². The van der Waals surface area contributed by atoms with Gasteiger partial charge in [-0.2, -0.15) is 15.0 Å². The molecular weight excluding hydrogens is 264 g/mol. The number of aromatic nitrogens is 3. The van der Waals surface area contributed by atoms with Gasteiger partial charge in [0, 0.05) is 19.1 Å². The SMILES string of the molecule is CCCNc1nc(Cl)nc(NCC2CCCN2C)n1. The minimum atomic E-state index is 0.218. The van der Waals surface area contributed by atoms with Gasteiger partial charge >= 0.3 is 0 Å². The van der Waals surface area contributed by atoms with Crippen molar-refractivity contribution in [1.29, 1.82) is 0 Å². The monoisotopic (exact) mass is 284 g/mol. The first-order valence-electron chi connectivity index (χ1n) is 6.78. The molecule has 106 valence electrons. The van der Waals surface area contributed by atoms with E-state index in [4.69, 9.17) is 11.6 Å². The molecule has 0 spiro atoms. The molecule has 7 heteroatoms. The first-order valence-corrected chi connectivity index (χ1v) is 7.16. The molecule has 1 unspecified atom stereocenters. The van der Waals surface area contributed by atoms with Crippen molar-refractivity contribution in [2.45, 2.75) is 32.2 Å². The van der Waals surface area contributed by atoms with Crippen molar-refractivity contribution in [1.82, 2.24) is 19.9 Å². The highest BCUT2D eigenvalue weighted by molar-refractivity contribution is 6.28. The van der Waals surface area contributed by atoms with Gasteiger partial charge < -0.3 is 15.5 Å². The quantitative estimate of drug-likeness (QED) is 0.831. The Morgan fingerprint density at radius 2 is 2.00 bits per heavy atom. The number of nitrogens with one attached hydrogen (secondary N) is 2. The summed E-state index contributed by atoms with van der Waals surface area (Å²) in [6, 6.07) is 0.544. The van der Waals surface area contributed by atoms with E-state index >= 15 is 0 Å². The molecule has 1 atom stereocenters. The summed E-state index contributed by atoms with van der Waals surface area (Å²) in [5, 5.41) is 6.58. The predicted octanol–water partition coefficient (Wildman–Crippen LogP) is 1.85. The average molecular weight is 285 g/mol. The molecule has 1 aromatic rings. The van der Waals surface area contributed by atoms with E-state index in [9.17, 15) is 0 Å². The predicted molar refractivity (Wildman–Crippen MR) is 77.8 cm³/mol. The Morgan fingerprint density at radius 1 is 1.26 bits per heavy atom. The minimum Gasteiger partial charge on any atom is -0.354 e. The minimum absolute atomic E-state index is 0.218. The Kier molecular flexibility index (Phi) is 5.15. The number of rotatable bonds is 6. The summed E-state index contributed by atoms with van der Waals surface area (Å²) < 4.78 is 0. The Bertz CT molecular complexity index is 413. The van der Waals surface area contributed by atoms with Crippen molar-refractivity contribution in [3.8, 4) is 0 Å². The van der Waals surface area contributed by atoms with Crippen molar-refractivity contribution >= 4 is 23.5 Å². The fourth-order valence-corrected chi connectivity index (χ4v) is 2.35. The van der Waals surface area contributed by atoms with Gasteiger partial charge in [0.25, 0.3) is 0 Å². The molecule has 0 aromatic carbocycles. The number of likely N-dealkylation sites (tertiary alicyclic amines) is 1. The van der Waals surface area contributed by atoms with Gasteiger partial charge in [0.2, 0.25) is 17.2 Å². The van der Waals surface area contributed by atoms with Crippen LogP contribution in [0.1, 0.15) is 26.2 Å². The van der Waals surface area contributed by atoms with Gasteiger partial charge in [0.05, 0.1) is 0 Å². The molecular formula is C12H21ClN6. The summed E-state index contributed by atoms with van der Waals surface area (Å²) in [6.45, 7) is 4.91. The summed E-state index contributed by atoms with van der Waals surface area (Å²) in [7, 11) is 2.15. The van der Waals surface area contributed by atoms with Gasteiger partial charge in [-0.3, -0.25) is 0 Å². The van der Waals surface area contributed by atoms with E-state index in [0.29, 0.717) is 17.9 Å². The molecule has 0 saturated carbocycles. The van der Waals surface area contributed by atoms with E-state index in [-0.39, 0.29) is 5.28 Å². The molecule has 6 nitrogen and oxygen atoms in total. The zero-order valence-electron chi connectivity index (χ0n) is 11.5. The van der Waals surface area contributed by atoms with Gasteiger partial charge in [-0.25, -0.2) is 0 Å². The number of likely N-dealkylation sites (N-methyl/N-ethyl adjacent to an activating group) is 1. The van der Waals surface area contributed by atoms with Crippen molar-refractivity contribution in [2.24, 2.45) is 0 Å². The van der Waals surface area contributed by atoms with Crippen LogP contribution in [0.3, 0.4) is 0 Å². The molecule has 1 aromatic heterocycles. The Hall–Kier alpha value is -1.14. The second-order valence-corrected chi connectivity index (χ2v) is 5.17. The largest absolute Gasteiger partial charge is 0.354 e. The topological polar surface area (TPSA) is 66.0 Å². The van der Waals surface area contributed by atoms with E-state index < -0.39 is 0 Å². The van der Waals surface area contributed by atoms with E-state index in [1.807, 2.05) is 0 Å². The molecule has 2 rings (SSSR count). The number of hydrogen-bond donors (Lipinski definition) is 2. The average Bonchev–Trinajstić information content (AvgIpc) is 2.79. The van der Waals surface area contributed by atoms with Crippen LogP contribution in [0, 0.1) is 0 Å². The summed E-state index contributed by atoms with van der Waals surface area (Å²) >= 11 is 5.90. The molecule has 1 saturated heterocycles. The molecule has 0 radical (unpaired) electrons. The molecule has 2 N–H and O–H groups in total. The third-order valence-electron chi connectivity index (χ3n) is 3.31. The highest BCUT2D eigenvalue weighted by atomic mass is 35.5. The molecule has 0 aliphatic carbocycles. The Labute approximate surface area is 119 Å². The van der Waals surface area contributed by atoms with Gasteiger partial charge in [-0.15, -0.1) is 0 Å². The molecule has 1 fully saturated rings. The lowest BCUT2D eigenvalue weighted by Gasteiger charge is -2.19. The van der Waals surface area contributed by atoms with E-state index in [1.54, 1.807) is 0 Å². The maximum Gasteiger partial charge on any atom is 0.228 e. The van der Waals surface area contributed by atoms with Gasteiger partial charge in [0.15, 0.2) is 0 Å². The smallest absolute Gasteiger partial charge is 0.228 e. The van der Waals surface area contributed by atoms with Crippen LogP contribution in [0.2, 0.25) is 5.28 Å². The molecule has 1 aliphatic heterocycles. The van der Waals surface area contributed by atoms with Crippen LogP contribution >= 0.6 is 11.6 Å². The molecule has 0 amide bonds. The van der Waals surface area contributed by atoms with Gasteiger partial charge in [-0.1, -0.05) is 6.92 Å². The van der Waals surface area contributed by atoms with Crippen LogP contribution in [0.25, 0.3) is 0 Å². The lowest BCUT2D eigenvalue weighted by atomic mass is 10.2. The zero-order valence-corrected chi connectivity index (χ0v) is 12.2. The number of nitrogens with zero attached hydrogens (tertiary/aromatic N) is 4. The summed E-state index contributed by atoms with van der Waals surface area (Å²) in [4.78, 5) is 14.8. The first-order chi connectivity index (χ1) is 9.19. The highest BCUT2D eigenvalue weighted by Crippen LogP contribution is 2.15. The van der Waals surface area contributed by atoms with Crippen molar-refractivity contribution < 1.29 is 0 Å². The molecule has 2 heterocycles. The zero-order chi connectivity index (χ0) is 13.7. The molecule has 19 heavy (non-hydrogen) atoms. The second-order valence-electron chi connectivity index (χ2n) is 4.84.